The molecule has 0 radical (unpaired) electrons. The molecule has 1 aromatic heterocycles. The number of hydrogen-bond donors (Lipinski definition) is 2. The fraction of sp³-hybridized carbons (Fsp3) is 0.150. The van der Waals surface area contributed by atoms with Crippen LogP contribution >= 0.6 is 0 Å². The van der Waals surface area contributed by atoms with Gasteiger partial charge in [-0.3, -0.25) is 14.3 Å². The molecular weight excluding hydrogens is 366 g/mol. The maximum Gasteiger partial charge on any atom is 0.276 e. The van der Waals surface area contributed by atoms with Crippen molar-refractivity contribution in [3.8, 4) is 0 Å². The largest absolute Gasteiger partial charge is 0.320 e. The molecular formula is C20H18F2N4O2. The van der Waals surface area contributed by atoms with Gasteiger partial charge in [-0.1, -0.05) is 0 Å². The maximum absolute atomic E-state index is 13.2. The van der Waals surface area contributed by atoms with Crippen LogP contribution in [0.1, 0.15) is 32.1 Å². The second kappa shape index (κ2) is 7.59. The summed E-state index contributed by atoms with van der Waals surface area (Å²) < 4.78 is 27.7. The van der Waals surface area contributed by atoms with E-state index >= 15 is 0 Å². The summed E-state index contributed by atoms with van der Waals surface area (Å²) in [7, 11) is 1.53. The Balaban J connectivity index is 1.78. The molecule has 2 N–H and O–H groups in total. The molecule has 0 fully saturated rings. The van der Waals surface area contributed by atoms with Gasteiger partial charge in [-0.05, 0) is 61.4 Å². The number of rotatable bonds is 4. The molecule has 0 saturated heterocycles. The predicted molar refractivity (Wildman–Crippen MR) is 101 cm³/mol. The van der Waals surface area contributed by atoms with E-state index < -0.39 is 23.4 Å². The Bertz CT molecular complexity index is 1080. The molecule has 3 aromatic rings. The van der Waals surface area contributed by atoms with Gasteiger partial charge in [0.05, 0.1) is 0 Å². The number of hydrogen-bond acceptors (Lipinski definition) is 3. The van der Waals surface area contributed by atoms with Gasteiger partial charge in [0.2, 0.25) is 0 Å². The molecule has 3 rings (SSSR count). The highest BCUT2D eigenvalue weighted by Crippen LogP contribution is 2.19. The molecule has 0 aliphatic carbocycles. The van der Waals surface area contributed by atoms with Crippen molar-refractivity contribution >= 4 is 23.2 Å². The van der Waals surface area contributed by atoms with E-state index in [2.05, 4.69) is 15.7 Å². The Morgan fingerprint density at radius 1 is 0.857 bits per heavy atom. The summed E-state index contributed by atoms with van der Waals surface area (Å²) >= 11 is 0. The van der Waals surface area contributed by atoms with Gasteiger partial charge in [0.25, 0.3) is 11.8 Å². The molecule has 0 spiro atoms. The van der Waals surface area contributed by atoms with Crippen molar-refractivity contribution in [2.45, 2.75) is 13.8 Å². The molecule has 0 saturated carbocycles. The number of aryl methyl sites for hydroxylation is 3. The van der Waals surface area contributed by atoms with E-state index in [9.17, 15) is 18.4 Å². The van der Waals surface area contributed by atoms with Crippen LogP contribution < -0.4 is 10.6 Å². The van der Waals surface area contributed by atoms with Crippen LogP contribution in [-0.4, -0.2) is 21.6 Å². The first-order valence-corrected chi connectivity index (χ1v) is 8.43. The van der Waals surface area contributed by atoms with E-state index in [1.54, 1.807) is 13.8 Å². The zero-order valence-electron chi connectivity index (χ0n) is 15.5. The number of nitrogens with zero attached hydrogens (tertiary/aromatic N) is 2. The zero-order valence-corrected chi connectivity index (χ0v) is 15.5. The summed E-state index contributed by atoms with van der Waals surface area (Å²) in [4.78, 5) is 25.0. The van der Waals surface area contributed by atoms with Crippen LogP contribution in [0.4, 0.5) is 20.2 Å². The Morgan fingerprint density at radius 2 is 1.36 bits per heavy atom. The number of carbonyl (C=O) groups excluding carboxylic acids is 2. The van der Waals surface area contributed by atoms with Gasteiger partial charge < -0.3 is 10.6 Å². The van der Waals surface area contributed by atoms with Crippen LogP contribution in [0.5, 0.6) is 0 Å². The summed E-state index contributed by atoms with van der Waals surface area (Å²) in [5, 5.41) is 9.38. The van der Waals surface area contributed by atoms with E-state index in [0.717, 1.165) is 0 Å². The smallest absolute Gasteiger partial charge is 0.276 e. The number of nitrogens with one attached hydrogen (secondary N) is 2. The lowest BCUT2D eigenvalue weighted by Gasteiger charge is -2.08. The number of aromatic nitrogens is 2. The minimum Gasteiger partial charge on any atom is -0.320 e. The lowest BCUT2D eigenvalue weighted by molar-refractivity contribution is 0.101. The minimum absolute atomic E-state index is 0.0344. The molecule has 0 bridgehead atoms. The Kier molecular flexibility index (Phi) is 5.21. The van der Waals surface area contributed by atoms with Crippen LogP contribution in [0.15, 0.2) is 42.5 Å². The van der Waals surface area contributed by atoms with E-state index in [4.69, 9.17) is 0 Å². The Hall–Kier alpha value is -3.55. The summed E-state index contributed by atoms with van der Waals surface area (Å²) in [6.45, 7) is 3.34. The summed E-state index contributed by atoms with van der Waals surface area (Å²) in [5.41, 5.74) is 2.23. The number of amides is 2. The topological polar surface area (TPSA) is 76.0 Å². The van der Waals surface area contributed by atoms with E-state index in [1.165, 1.54) is 54.2 Å². The third kappa shape index (κ3) is 4.06. The average molecular weight is 384 g/mol. The lowest BCUT2D eigenvalue weighted by atomic mass is 10.2. The van der Waals surface area contributed by atoms with Gasteiger partial charge in [-0.25, -0.2) is 8.78 Å². The third-order valence-electron chi connectivity index (χ3n) is 4.22. The van der Waals surface area contributed by atoms with Crippen molar-refractivity contribution in [2.24, 2.45) is 7.05 Å². The molecule has 1 heterocycles. The van der Waals surface area contributed by atoms with Crippen LogP contribution in [0.3, 0.4) is 0 Å². The van der Waals surface area contributed by atoms with Crippen molar-refractivity contribution < 1.29 is 18.4 Å². The third-order valence-corrected chi connectivity index (χ3v) is 4.22. The fourth-order valence-corrected chi connectivity index (χ4v) is 2.70. The quantitative estimate of drug-likeness (QED) is 0.718. The maximum atomic E-state index is 13.2. The fourth-order valence-electron chi connectivity index (χ4n) is 2.70. The highest BCUT2D eigenvalue weighted by Gasteiger charge is 2.19. The summed E-state index contributed by atoms with van der Waals surface area (Å²) in [6.07, 6.45) is 0. The van der Waals surface area contributed by atoms with Gasteiger partial charge in [-0.15, -0.1) is 0 Å². The van der Waals surface area contributed by atoms with Crippen molar-refractivity contribution in [2.75, 3.05) is 10.6 Å². The van der Waals surface area contributed by atoms with Gasteiger partial charge in [0.1, 0.15) is 17.3 Å². The van der Waals surface area contributed by atoms with E-state index in [-0.39, 0.29) is 11.4 Å². The first-order valence-electron chi connectivity index (χ1n) is 8.43. The predicted octanol–water partition coefficient (Wildman–Crippen LogP) is 3.82. The van der Waals surface area contributed by atoms with Crippen LogP contribution in [0.2, 0.25) is 0 Å². The number of anilines is 2. The summed E-state index contributed by atoms with van der Waals surface area (Å²) in [5.74, 6) is -1.81. The second-order valence-corrected chi connectivity index (χ2v) is 6.37. The van der Waals surface area contributed by atoms with Crippen molar-refractivity contribution in [3.63, 3.8) is 0 Å². The Labute approximate surface area is 160 Å². The summed E-state index contributed by atoms with van der Waals surface area (Å²) in [6, 6.07) is 9.37. The van der Waals surface area contributed by atoms with Crippen molar-refractivity contribution in [3.05, 3.63) is 76.6 Å². The van der Waals surface area contributed by atoms with Crippen molar-refractivity contribution in [1.82, 2.24) is 9.78 Å². The van der Waals surface area contributed by atoms with Crippen LogP contribution in [0, 0.1) is 25.5 Å². The molecule has 28 heavy (non-hydrogen) atoms. The zero-order chi connectivity index (χ0) is 20.4. The number of benzene rings is 2. The van der Waals surface area contributed by atoms with Gasteiger partial charge >= 0.3 is 0 Å². The Morgan fingerprint density at radius 3 is 1.86 bits per heavy atom. The SMILES string of the molecule is Cc1cc(F)ccc1NC(=O)c1cc(C(=O)Nc2ccc(F)cc2C)n(C)n1. The van der Waals surface area contributed by atoms with Crippen molar-refractivity contribution in [1.29, 1.82) is 0 Å². The molecule has 0 aliphatic rings. The highest BCUT2D eigenvalue weighted by molar-refractivity contribution is 6.07. The first-order chi connectivity index (χ1) is 13.2. The number of halogens is 2. The minimum atomic E-state index is -0.526. The van der Waals surface area contributed by atoms with Gasteiger partial charge in [0, 0.05) is 24.5 Å². The monoisotopic (exact) mass is 384 g/mol. The van der Waals surface area contributed by atoms with E-state index in [1.807, 2.05) is 0 Å². The normalized spacial score (nSPS) is 10.6. The van der Waals surface area contributed by atoms with E-state index in [0.29, 0.717) is 22.5 Å². The van der Waals surface area contributed by atoms with Crippen LogP contribution in [-0.2, 0) is 7.05 Å². The van der Waals surface area contributed by atoms with Crippen LogP contribution in [0.25, 0.3) is 0 Å². The molecule has 8 heteroatoms. The van der Waals surface area contributed by atoms with Gasteiger partial charge in [0.15, 0.2) is 5.69 Å². The number of carbonyl (C=O) groups is 2. The first kappa shape index (κ1) is 19.2. The highest BCUT2D eigenvalue weighted by atomic mass is 19.1. The molecule has 0 atom stereocenters. The second-order valence-electron chi connectivity index (χ2n) is 6.37. The van der Waals surface area contributed by atoms with Gasteiger partial charge in [-0.2, -0.15) is 5.10 Å². The lowest BCUT2D eigenvalue weighted by Crippen LogP contribution is -2.16. The molecule has 0 unspecified atom stereocenters. The average Bonchev–Trinajstić information content (AvgIpc) is 3.02. The molecule has 2 aromatic carbocycles. The standard InChI is InChI=1S/C20H18F2N4O2/c1-11-8-13(21)4-6-15(11)23-19(27)17-10-18(26(3)25-17)20(28)24-16-7-5-14(22)9-12(16)2/h4-10H,1-3H3,(H,23,27)(H,24,28). The molecule has 6 nitrogen and oxygen atoms in total. The molecule has 2 amide bonds. The molecule has 144 valence electrons. The molecule has 0 aliphatic heterocycles.